The molecule has 2 nitrogen and oxygen atoms in total. The first-order valence-electron chi connectivity index (χ1n) is 4.89. The molecule has 0 bridgehead atoms. The second-order valence-electron chi connectivity index (χ2n) is 3.85. The van der Waals surface area contributed by atoms with Crippen LogP contribution in [0.2, 0.25) is 0 Å². The molecule has 2 N–H and O–H groups in total. The van der Waals surface area contributed by atoms with Gasteiger partial charge in [0.05, 0.1) is 5.60 Å². The summed E-state index contributed by atoms with van der Waals surface area (Å²) in [6.45, 7) is 6.16. The van der Waals surface area contributed by atoms with Crippen LogP contribution in [0.5, 0.6) is 0 Å². The molecule has 74 valence electrons. The Morgan fingerprint density at radius 2 is 1.92 bits per heavy atom. The summed E-state index contributed by atoms with van der Waals surface area (Å²) in [5.41, 5.74) is -0.539. The highest BCUT2D eigenvalue weighted by molar-refractivity contribution is 4.71. The molecule has 0 aromatic heterocycles. The van der Waals surface area contributed by atoms with Gasteiger partial charge in [0.15, 0.2) is 0 Å². The Labute approximate surface area is 75.6 Å². The molecule has 0 aliphatic carbocycles. The van der Waals surface area contributed by atoms with Crippen LogP contribution in [0, 0.1) is 5.92 Å². The number of hydrogen-bond acceptors (Lipinski definition) is 2. The van der Waals surface area contributed by atoms with Gasteiger partial charge >= 0.3 is 0 Å². The first-order valence-corrected chi connectivity index (χ1v) is 4.89. The van der Waals surface area contributed by atoms with Gasteiger partial charge in [-0.25, -0.2) is 0 Å². The number of hydrogen-bond donors (Lipinski definition) is 2. The summed E-state index contributed by atoms with van der Waals surface area (Å²) in [6, 6.07) is 0. The van der Waals surface area contributed by atoms with Crippen molar-refractivity contribution in [1.29, 1.82) is 0 Å². The molecule has 0 saturated heterocycles. The van der Waals surface area contributed by atoms with Crippen LogP contribution in [0.4, 0.5) is 0 Å². The van der Waals surface area contributed by atoms with Gasteiger partial charge in [-0.05, 0) is 32.1 Å². The van der Waals surface area contributed by atoms with E-state index in [9.17, 15) is 5.11 Å². The molecule has 0 spiro atoms. The van der Waals surface area contributed by atoms with Crippen molar-refractivity contribution in [2.75, 3.05) is 6.61 Å². The Bertz CT molecular complexity index is 106. The van der Waals surface area contributed by atoms with Gasteiger partial charge in [0.2, 0.25) is 0 Å². The van der Waals surface area contributed by atoms with Gasteiger partial charge in [-0.2, -0.15) is 0 Å². The van der Waals surface area contributed by atoms with Crippen molar-refractivity contribution in [2.24, 2.45) is 5.92 Å². The summed E-state index contributed by atoms with van der Waals surface area (Å²) >= 11 is 0. The third kappa shape index (κ3) is 4.73. The number of aliphatic hydroxyl groups is 2. The first-order chi connectivity index (χ1) is 5.55. The average Bonchev–Trinajstić information content (AvgIpc) is 2.06. The molecule has 0 heterocycles. The second-order valence-corrected chi connectivity index (χ2v) is 3.85. The van der Waals surface area contributed by atoms with E-state index in [0.29, 0.717) is 5.92 Å². The quantitative estimate of drug-likeness (QED) is 0.646. The normalized spacial score (nSPS) is 18.8. The van der Waals surface area contributed by atoms with Crippen LogP contribution >= 0.6 is 0 Å². The average molecular weight is 174 g/mol. The zero-order chi connectivity index (χ0) is 9.61. The van der Waals surface area contributed by atoms with Gasteiger partial charge < -0.3 is 10.2 Å². The maximum absolute atomic E-state index is 9.68. The molecule has 0 aromatic carbocycles. The summed E-state index contributed by atoms with van der Waals surface area (Å²) in [7, 11) is 0. The predicted octanol–water partition coefficient (Wildman–Crippen LogP) is 1.95. The van der Waals surface area contributed by atoms with E-state index >= 15 is 0 Å². The van der Waals surface area contributed by atoms with Gasteiger partial charge in [-0.15, -0.1) is 0 Å². The molecule has 0 aliphatic rings. The van der Waals surface area contributed by atoms with Crippen molar-refractivity contribution in [2.45, 2.75) is 52.1 Å². The van der Waals surface area contributed by atoms with Gasteiger partial charge in [0, 0.05) is 6.61 Å². The molecule has 0 aliphatic heterocycles. The van der Waals surface area contributed by atoms with Crippen LogP contribution in [-0.4, -0.2) is 22.4 Å². The SMILES string of the molecule is CCC(CO)CCC(C)(O)CC. The largest absolute Gasteiger partial charge is 0.396 e. The zero-order valence-electron chi connectivity index (χ0n) is 8.51. The maximum atomic E-state index is 9.68. The Morgan fingerprint density at radius 1 is 1.33 bits per heavy atom. The Hall–Kier alpha value is -0.0800. The minimum atomic E-state index is -0.539. The van der Waals surface area contributed by atoms with Crippen LogP contribution in [0.3, 0.4) is 0 Å². The Kier molecular flexibility index (Phi) is 5.51. The topological polar surface area (TPSA) is 40.5 Å². The molecule has 0 fully saturated rings. The molecule has 0 radical (unpaired) electrons. The van der Waals surface area contributed by atoms with E-state index in [2.05, 4.69) is 6.92 Å². The summed E-state index contributed by atoms with van der Waals surface area (Å²) in [5, 5.41) is 18.6. The third-order valence-electron chi connectivity index (χ3n) is 2.69. The maximum Gasteiger partial charge on any atom is 0.0617 e. The molecule has 12 heavy (non-hydrogen) atoms. The van der Waals surface area contributed by atoms with Gasteiger partial charge in [0.1, 0.15) is 0 Å². The van der Waals surface area contributed by atoms with E-state index in [1.54, 1.807) is 0 Å². The molecule has 0 aromatic rings. The predicted molar refractivity (Wildman–Crippen MR) is 51.0 cm³/mol. The number of rotatable bonds is 6. The van der Waals surface area contributed by atoms with E-state index in [4.69, 9.17) is 5.11 Å². The summed E-state index contributed by atoms with van der Waals surface area (Å²) in [5.74, 6) is 0.364. The van der Waals surface area contributed by atoms with Crippen molar-refractivity contribution in [3.63, 3.8) is 0 Å². The lowest BCUT2D eigenvalue weighted by atomic mass is 9.91. The fourth-order valence-corrected chi connectivity index (χ4v) is 1.12. The fourth-order valence-electron chi connectivity index (χ4n) is 1.12. The van der Waals surface area contributed by atoms with Crippen molar-refractivity contribution in [1.82, 2.24) is 0 Å². The highest BCUT2D eigenvalue weighted by Crippen LogP contribution is 2.20. The lowest BCUT2D eigenvalue weighted by molar-refractivity contribution is 0.0367. The third-order valence-corrected chi connectivity index (χ3v) is 2.69. The van der Waals surface area contributed by atoms with Crippen molar-refractivity contribution in [3.05, 3.63) is 0 Å². The highest BCUT2D eigenvalue weighted by Gasteiger charge is 2.18. The lowest BCUT2D eigenvalue weighted by Crippen LogP contribution is -2.24. The monoisotopic (exact) mass is 174 g/mol. The minimum absolute atomic E-state index is 0.246. The van der Waals surface area contributed by atoms with Crippen LogP contribution in [0.1, 0.15) is 46.5 Å². The number of aliphatic hydroxyl groups excluding tert-OH is 1. The minimum Gasteiger partial charge on any atom is -0.396 e. The van der Waals surface area contributed by atoms with E-state index in [0.717, 1.165) is 25.7 Å². The molecule has 0 amide bonds. The van der Waals surface area contributed by atoms with Crippen molar-refractivity contribution in [3.8, 4) is 0 Å². The van der Waals surface area contributed by atoms with Crippen LogP contribution in [0.15, 0.2) is 0 Å². The van der Waals surface area contributed by atoms with Gasteiger partial charge in [-0.3, -0.25) is 0 Å². The lowest BCUT2D eigenvalue weighted by Gasteiger charge is -2.23. The Balaban J connectivity index is 3.65. The smallest absolute Gasteiger partial charge is 0.0617 e. The summed E-state index contributed by atoms with van der Waals surface area (Å²) < 4.78 is 0. The molecule has 2 heteroatoms. The van der Waals surface area contributed by atoms with Crippen molar-refractivity contribution >= 4 is 0 Å². The van der Waals surface area contributed by atoms with E-state index in [-0.39, 0.29) is 6.61 Å². The standard InChI is InChI=1S/C10H22O2/c1-4-9(8-11)6-7-10(3,12)5-2/h9,11-12H,4-8H2,1-3H3. The van der Waals surface area contributed by atoms with Gasteiger partial charge in [-0.1, -0.05) is 20.3 Å². The van der Waals surface area contributed by atoms with E-state index in [1.807, 2.05) is 13.8 Å². The molecular weight excluding hydrogens is 152 g/mol. The van der Waals surface area contributed by atoms with Crippen LogP contribution in [0.25, 0.3) is 0 Å². The molecule has 0 saturated carbocycles. The van der Waals surface area contributed by atoms with E-state index < -0.39 is 5.60 Å². The Morgan fingerprint density at radius 3 is 2.25 bits per heavy atom. The van der Waals surface area contributed by atoms with Gasteiger partial charge in [0.25, 0.3) is 0 Å². The first kappa shape index (κ1) is 11.9. The van der Waals surface area contributed by atoms with Crippen molar-refractivity contribution < 1.29 is 10.2 Å². The van der Waals surface area contributed by atoms with E-state index in [1.165, 1.54) is 0 Å². The molecule has 2 unspecified atom stereocenters. The fraction of sp³-hybridized carbons (Fsp3) is 1.00. The highest BCUT2D eigenvalue weighted by atomic mass is 16.3. The zero-order valence-corrected chi connectivity index (χ0v) is 8.51. The summed E-state index contributed by atoms with van der Waals surface area (Å²) in [4.78, 5) is 0. The molecular formula is C10H22O2. The molecule has 0 rings (SSSR count). The second kappa shape index (κ2) is 5.55. The molecule has 2 atom stereocenters. The van der Waals surface area contributed by atoms with Crippen LogP contribution in [-0.2, 0) is 0 Å². The van der Waals surface area contributed by atoms with Crippen LogP contribution < -0.4 is 0 Å². The summed E-state index contributed by atoms with van der Waals surface area (Å²) in [6.07, 6.45) is 3.50.